The normalized spacial score (nSPS) is 15.1. The maximum absolute atomic E-state index is 13.1. The molecule has 0 unspecified atom stereocenters. The third-order valence-corrected chi connectivity index (χ3v) is 7.67. The van der Waals surface area contributed by atoms with Crippen molar-refractivity contribution in [3.63, 3.8) is 0 Å². The lowest BCUT2D eigenvalue weighted by Crippen LogP contribution is -2.51. The lowest BCUT2D eigenvalue weighted by Gasteiger charge is -2.34. The van der Waals surface area contributed by atoms with Gasteiger partial charge in [-0.25, -0.2) is 12.8 Å². The van der Waals surface area contributed by atoms with Gasteiger partial charge in [0, 0.05) is 37.1 Å². The minimum Gasteiger partial charge on any atom is -0.497 e. The van der Waals surface area contributed by atoms with Crippen LogP contribution >= 0.6 is 11.8 Å². The maximum atomic E-state index is 13.1. The van der Waals surface area contributed by atoms with E-state index in [0.29, 0.717) is 18.8 Å². The Morgan fingerprint density at radius 2 is 1.70 bits per heavy atom. The quantitative estimate of drug-likeness (QED) is 0.599. The predicted molar refractivity (Wildman–Crippen MR) is 112 cm³/mol. The number of ether oxygens (including phenoxy) is 2. The number of methoxy groups -OCH3 is 2. The number of rotatable bonds is 7. The smallest absolute Gasteiger partial charge is 0.247 e. The Labute approximate surface area is 179 Å². The van der Waals surface area contributed by atoms with Crippen LogP contribution < -0.4 is 9.47 Å². The Balaban J connectivity index is 1.61. The zero-order chi connectivity index (χ0) is 21.7. The standard InChI is InChI=1S/C20H23FN2O5S2/c1-27-16-5-8-18(28-2)19(13-16)30(25,26)23-11-9-22(10-12-23)20(24)14-29-17-6-3-15(21)4-7-17/h3-8,13H,9-12,14H2,1-2H3. The maximum Gasteiger partial charge on any atom is 0.247 e. The predicted octanol–water partition coefficient (Wildman–Crippen LogP) is 2.47. The number of amides is 1. The van der Waals surface area contributed by atoms with Crippen molar-refractivity contribution in [1.82, 2.24) is 9.21 Å². The Bertz CT molecular complexity index is 991. The van der Waals surface area contributed by atoms with Crippen molar-refractivity contribution in [2.75, 3.05) is 46.2 Å². The first kappa shape index (κ1) is 22.4. The molecule has 2 aromatic carbocycles. The Morgan fingerprint density at radius 3 is 2.30 bits per heavy atom. The van der Waals surface area contributed by atoms with E-state index in [-0.39, 0.29) is 41.2 Å². The zero-order valence-electron chi connectivity index (χ0n) is 16.7. The first-order chi connectivity index (χ1) is 14.3. The molecule has 1 aliphatic heterocycles. The van der Waals surface area contributed by atoms with Gasteiger partial charge in [-0.05, 0) is 36.4 Å². The van der Waals surface area contributed by atoms with Crippen LogP contribution in [-0.4, -0.2) is 69.7 Å². The highest BCUT2D eigenvalue weighted by Crippen LogP contribution is 2.31. The first-order valence-electron chi connectivity index (χ1n) is 9.23. The molecule has 7 nitrogen and oxygen atoms in total. The fourth-order valence-corrected chi connectivity index (χ4v) is 5.46. The van der Waals surface area contributed by atoms with E-state index in [9.17, 15) is 17.6 Å². The lowest BCUT2D eigenvalue weighted by molar-refractivity contribution is -0.129. The SMILES string of the molecule is COc1ccc(OC)c(S(=O)(=O)N2CCN(C(=O)CSc3ccc(F)cc3)CC2)c1. The van der Waals surface area contributed by atoms with Gasteiger partial charge in [0.05, 0.1) is 20.0 Å². The summed E-state index contributed by atoms with van der Waals surface area (Å²) >= 11 is 1.32. The molecular weight excluding hydrogens is 431 g/mol. The average molecular weight is 455 g/mol. The fourth-order valence-electron chi connectivity index (χ4n) is 3.07. The van der Waals surface area contributed by atoms with Crippen LogP contribution in [0.25, 0.3) is 0 Å². The van der Waals surface area contributed by atoms with Gasteiger partial charge in [0.1, 0.15) is 22.2 Å². The average Bonchev–Trinajstić information content (AvgIpc) is 2.78. The molecule has 1 amide bonds. The largest absolute Gasteiger partial charge is 0.497 e. The molecule has 162 valence electrons. The number of thioether (sulfide) groups is 1. The molecule has 1 heterocycles. The molecule has 10 heteroatoms. The molecule has 1 aliphatic rings. The summed E-state index contributed by atoms with van der Waals surface area (Å²) in [6.45, 7) is 0.980. The molecular formula is C20H23FN2O5S2. The van der Waals surface area contributed by atoms with Crippen LogP contribution in [0, 0.1) is 5.82 Å². The molecule has 1 saturated heterocycles. The van der Waals surface area contributed by atoms with Crippen molar-refractivity contribution in [2.45, 2.75) is 9.79 Å². The van der Waals surface area contributed by atoms with Crippen LogP contribution in [0.3, 0.4) is 0 Å². The van der Waals surface area contributed by atoms with E-state index in [2.05, 4.69) is 0 Å². The van der Waals surface area contributed by atoms with Crippen molar-refractivity contribution in [2.24, 2.45) is 0 Å². The zero-order valence-corrected chi connectivity index (χ0v) is 18.3. The molecule has 0 N–H and O–H groups in total. The number of carbonyl (C=O) groups excluding carboxylic acids is 1. The summed E-state index contributed by atoms with van der Waals surface area (Å²) in [6.07, 6.45) is 0. The van der Waals surface area contributed by atoms with Crippen molar-refractivity contribution in [1.29, 1.82) is 0 Å². The van der Waals surface area contributed by atoms with Crippen molar-refractivity contribution in [3.05, 3.63) is 48.3 Å². The summed E-state index contributed by atoms with van der Waals surface area (Å²) < 4.78 is 50.9. The molecule has 30 heavy (non-hydrogen) atoms. The molecule has 0 aliphatic carbocycles. The topological polar surface area (TPSA) is 76.2 Å². The Hall–Kier alpha value is -2.30. The summed E-state index contributed by atoms with van der Waals surface area (Å²) in [5.74, 6) is 0.462. The molecule has 2 aromatic rings. The number of carbonyl (C=O) groups is 1. The van der Waals surface area contributed by atoms with E-state index in [1.54, 1.807) is 29.2 Å². The van der Waals surface area contributed by atoms with Gasteiger partial charge < -0.3 is 14.4 Å². The van der Waals surface area contributed by atoms with E-state index in [1.165, 1.54) is 48.5 Å². The summed E-state index contributed by atoms with van der Waals surface area (Å²) in [7, 11) is -0.918. The van der Waals surface area contributed by atoms with E-state index in [4.69, 9.17) is 9.47 Å². The second kappa shape index (κ2) is 9.67. The van der Waals surface area contributed by atoms with Crippen LogP contribution in [0.15, 0.2) is 52.3 Å². The minimum absolute atomic E-state index is 0.0380. The van der Waals surface area contributed by atoms with Crippen LogP contribution in [0.4, 0.5) is 4.39 Å². The fraction of sp³-hybridized carbons (Fsp3) is 0.350. The van der Waals surface area contributed by atoms with Crippen LogP contribution in [0.2, 0.25) is 0 Å². The molecule has 0 bridgehead atoms. The van der Waals surface area contributed by atoms with Crippen molar-refractivity contribution < 1.29 is 27.1 Å². The second-order valence-electron chi connectivity index (χ2n) is 6.54. The van der Waals surface area contributed by atoms with Gasteiger partial charge >= 0.3 is 0 Å². The Morgan fingerprint density at radius 1 is 1.03 bits per heavy atom. The highest BCUT2D eigenvalue weighted by atomic mass is 32.2. The van der Waals surface area contributed by atoms with Crippen LogP contribution in [0.1, 0.15) is 0 Å². The summed E-state index contributed by atoms with van der Waals surface area (Å²) in [5.41, 5.74) is 0. The monoisotopic (exact) mass is 454 g/mol. The van der Waals surface area contributed by atoms with Gasteiger partial charge in [-0.15, -0.1) is 11.8 Å². The van der Waals surface area contributed by atoms with Crippen LogP contribution in [-0.2, 0) is 14.8 Å². The molecule has 0 saturated carbocycles. The van der Waals surface area contributed by atoms with E-state index in [1.807, 2.05) is 0 Å². The van der Waals surface area contributed by atoms with Crippen molar-refractivity contribution >= 4 is 27.7 Å². The van der Waals surface area contributed by atoms with Gasteiger partial charge in [-0.2, -0.15) is 4.31 Å². The minimum atomic E-state index is -3.80. The number of benzene rings is 2. The molecule has 0 radical (unpaired) electrons. The van der Waals surface area contributed by atoms with Gasteiger partial charge in [0.15, 0.2) is 0 Å². The van der Waals surface area contributed by atoms with Gasteiger partial charge in [-0.1, -0.05) is 0 Å². The molecule has 3 rings (SSSR count). The number of nitrogens with zero attached hydrogens (tertiary/aromatic N) is 2. The van der Waals surface area contributed by atoms with E-state index >= 15 is 0 Å². The summed E-state index contributed by atoms with van der Waals surface area (Å²) in [6, 6.07) is 10.6. The second-order valence-corrected chi connectivity index (χ2v) is 9.50. The van der Waals surface area contributed by atoms with Gasteiger partial charge in [0.25, 0.3) is 0 Å². The van der Waals surface area contributed by atoms with Crippen molar-refractivity contribution in [3.8, 4) is 11.5 Å². The number of sulfonamides is 1. The highest BCUT2D eigenvalue weighted by Gasteiger charge is 2.32. The first-order valence-corrected chi connectivity index (χ1v) is 11.7. The third-order valence-electron chi connectivity index (χ3n) is 4.76. The van der Waals surface area contributed by atoms with Crippen LogP contribution in [0.5, 0.6) is 11.5 Å². The molecule has 0 spiro atoms. The molecule has 0 aromatic heterocycles. The number of piperazine rings is 1. The number of hydrogen-bond acceptors (Lipinski definition) is 6. The number of halogens is 1. The molecule has 0 atom stereocenters. The van der Waals surface area contributed by atoms with Gasteiger partial charge in [-0.3, -0.25) is 4.79 Å². The van der Waals surface area contributed by atoms with E-state index in [0.717, 1.165) is 4.90 Å². The Kier molecular flexibility index (Phi) is 7.22. The lowest BCUT2D eigenvalue weighted by atomic mass is 10.3. The summed E-state index contributed by atoms with van der Waals surface area (Å²) in [4.78, 5) is 15.0. The summed E-state index contributed by atoms with van der Waals surface area (Å²) in [5, 5.41) is 0. The van der Waals surface area contributed by atoms with Gasteiger partial charge in [0.2, 0.25) is 15.9 Å². The highest BCUT2D eigenvalue weighted by molar-refractivity contribution is 8.00. The number of hydrogen-bond donors (Lipinski definition) is 0. The van der Waals surface area contributed by atoms with E-state index < -0.39 is 10.0 Å². The molecule has 1 fully saturated rings. The third kappa shape index (κ3) is 5.05.